The van der Waals surface area contributed by atoms with E-state index >= 15 is 0 Å². The summed E-state index contributed by atoms with van der Waals surface area (Å²) in [5, 5.41) is 14.9. The second kappa shape index (κ2) is 9.15. The molecule has 2 heterocycles. The third kappa shape index (κ3) is 4.90. The third-order valence-electron chi connectivity index (χ3n) is 5.54. The predicted octanol–water partition coefficient (Wildman–Crippen LogP) is 3.31. The van der Waals surface area contributed by atoms with Gasteiger partial charge in [0.05, 0.1) is 11.5 Å². The number of aryl methyl sites for hydroxylation is 1. The summed E-state index contributed by atoms with van der Waals surface area (Å²) >= 11 is 0. The van der Waals surface area contributed by atoms with E-state index in [2.05, 4.69) is 19.9 Å². The number of rotatable bonds is 7. The average molecular weight is 407 g/mol. The van der Waals surface area contributed by atoms with Gasteiger partial charge in [0, 0.05) is 50.4 Å². The molecule has 0 spiro atoms. The summed E-state index contributed by atoms with van der Waals surface area (Å²) in [5.41, 5.74) is 3.40. The van der Waals surface area contributed by atoms with Gasteiger partial charge in [-0.1, -0.05) is 41.6 Å². The van der Waals surface area contributed by atoms with Crippen LogP contribution in [-0.2, 0) is 13.0 Å². The standard InChI is InChI=1S/C22H25N5O3/c1-17-4-2-3-5-20(17)22-23-21(30-24-22)16-26-14-12-25(13-15-26)11-10-18-6-8-19(9-7-18)27(28)29/h2-9H,10-16H2,1H3. The van der Waals surface area contributed by atoms with E-state index in [4.69, 9.17) is 4.52 Å². The first-order valence-corrected chi connectivity index (χ1v) is 10.1. The first-order valence-electron chi connectivity index (χ1n) is 10.1. The Bertz CT molecular complexity index is 994. The molecule has 0 aliphatic carbocycles. The molecule has 156 valence electrons. The normalized spacial score (nSPS) is 15.4. The van der Waals surface area contributed by atoms with Gasteiger partial charge in [0.25, 0.3) is 5.69 Å². The summed E-state index contributed by atoms with van der Waals surface area (Å²) in [6, 6.07) is 14.9. The zero-order valence-electron chi connectivity index (χ0n) is 17.0. The van der Waals surface area contributed by atoms with Gasteiger partial charge in [-0.25, -0.2) is 0 Å². The van der Waals surface area contributed by atoms with Crippen LogP contribution in [0.25, 0.3) is 11.4 Å². The monoisotopic (exact) mass is 407 g/mol. The second-order valence-electron chi connectivity index (χ2n) is 7.62. The average Bonchev–Trinajstić information content (AvgIpc) is 3.22. The number of hydrogen-bond donors (Lipinski definition) is 0. The van der Waals surface area contributed by atoms with E-state index in [0.717, 1.165) is 55.8 Å². The Morgan fingerprint density at radius 1 is 1.03 bits per heavy atom. The van der Waals surface area contributed by atoms with E-state index in [-0.39, 0.29) is 10.6 Å². The van der Waals surface area contributed by atoms with Crippen molar-refractivity contribution in [3.05, 3.63) is 75.7 Å². The Morgan fingerprint density at radius 2 is 1.73 bits per heavy atom. The molecule has 1 aromatic heterocycles. The number of nitro groups is 1. The molecule has 4 rings (SSSR count). The number of hydrogen-bond acceptors (Lipinski definition) is 7. The fraction of sp³-hybridized carbons (Fsp3) is 0.364. The van der Waals surface area contributed by atoms with Crippen molar-refractivity contribution in [2.75, 3.05) is 32.7 Å². The van der Waals surface area contributed by atoms with Gasteiger partial charge in [-0.3, -0.25) is 15.0 Å². The van der Waals surface area contributed by atoms with Crippen LogP contribution < -0.4 is 0 Å². The number of non-ortho nitro benzene ring substituents is 1. The lowest BCUT2D eigenvalue weighted by atomic mass is 10.1. The molecule has 0 bridgehead atoms. The van der Waals surface area contributed by atoms with Crippen LogP contribution >= 0.6 is 0 Å². The quantitative estimate of drug-likeness (QED) is 0.438. The fourth-order valence-corrected chi connectivity index (χ4v) is 3.69. The lowest BCUT2D eigenvalue weighted by Gasteiger charge is -2.33. The lowest BCUT2D eigenvalue weighted by Crippen LogP contribution is -2.46. The summed E-state index contributed by atoms with van der Waals surface area (Å²) in [6.45, 7) is 7.50. The highest BCUT2D eigenvalue weighted by Gasteiger charge is 2.19. The maximum atomic E-state index is 10.7. The second-order valence-corrected chi connectivity index (χ2v) is 7.62. The van der Waals surface area contributed by atoms with Crippen LogP contribution in [0, 0.1) is 17.0 Å². The van der Waals surface area contributed by atoms with Gasteiger partial charge < -0.3 is 9.42 Å². The molecular formula is C22H25N5O3. The van der Waals surface area contributed by atoms with Crippen molar-refractivity contribution in [1.82, 2.24) is 19.9 Å². The Balaban J connectivity index is 1.24. The van der Waals surface area contributed by atoms with E-state index in [1.54, 1.807) is 12.1 Å². The molecular weight excluding hydrogens is 382 g/mol. The summed E-state index contributed by atoms with van der Waals surface area (Å²) in [4.78, 5) is 19.7. The van der Waals surface area contributed by atoms with Crippen LogP contribution in [0.5, 0.6) is 0 Å². The van der Waals surface area contributed by atoms with Gasteiger partial charge in [0.1, 0.15) is 0 Å². The van der Waals surface area contributed by atoms with E-state index in [1.807, 2.05) is 43.3 Å². The van der Waals surface area contributed by atoms with Crippen molar-refractivity contribution >= 4 is 5.69 Å². The largest absolute Gasteiger partial charge is 0.338 e. The zero-order valence-corrected chi connectivity index (χ0v) is 17.0. The van der Waals surface area contributed by atoms with Crippen LogP contribution in [0.4, 0.5) is 5.69 Å². The smallest absolute Gasteiger partial charge is 0.269 e. The van der Waals surface area contributed by atoms with E-state index in [1.165, 1.54) is 0 Å². The minimum Gasteiger partial charge on any atom is -0.338 e. The summed E-state index contributed by atoms with van der Waals surface area (Å²) in [5.74, 6) is 1.29. The van der Waals surface area contributed by atoms with Crippen molar-refractivity contribution in [1.29, 1.82) is 0 Å². The van der Waals surface area contributed by atoms with E-state index in [9.17, 15) is 10.1 Å². The van der Waals surface area contributed by atoms with Gasteiger partial charge in [-0.05, 0) is 24.5 Å². The van der Waals surface area contributed by atoms with Gasteiger partial charge >= 0.3 is 0 Å². The molecule has 1 aliphatic rings. The number of aromatic nitrogens is 2. The van der Waals surface area contributed by atoms with Crippen molar-refractivity contribution in [3.8, 4) is 11.4 Å². The van der Waals surface area contributed by atoms with Crippen molar-refractivity contribution in [2.45, 2.75) is 19.9 Å². The van der Waals surface area contributed by atoms with Crippen LogP contribution in [0.2, 0.25) is 0 Å². The lowest BCUT2D eigenvalue weighted by molar-refractivity contribution is -0.384. The Morgan fingerprint density at radius 3 is 2.43 bits per heavy atom. The van der Waals surface area contributed by atoms with Crippen LogP contribution in [0.15, 0.2) is 53.1 Å². The molecule has 0 N–H and O–H groups in total. The minimum absolute atomic E-state index is 0.138. The third-order valence-corrected chi connectivity index (χ3v) is 5.54. The van der Waals surface area contributed by atoms with Gasteiger partial charge in [-0.2, -0.15) is 4.98 Å². The number of nitrogens with zero attached hydrogens (tertiary/aromatic N) is 5. The molecule has 0 unspecified atom stereocenters. The van der Waals surface area contributed by atoms with Gasteiger partial charge in [0.2, 0.25) is 11.7 Å². The molecule has 0 saturated carbocycles. The SMILES string of the molecule is Cc1ccccc1-c1noc(CN2CCN(CCc3ccc([N+](=O)[O-])cc3)CC2)n1. The number of benzene rings is 2. The van der Waals surface area contributed by atoms with Gasteiger partial charge in [-0.15, -0.1) is 0 Å². The molecule has 2 aromatic carbocycles. The summed E-state index contributed by atoms with van der Waals surface area (Å²) in [6.07, 6.45) is 0.890. The molecule has 30 heavy (non-hydrogen) atoms. The Kier molecular flexibility index (Phi) is 6.15. The summed E-state index contributed by atoms with van der Waals surface area (Å²) in [7, 11) is 0. The molecule has 1 fully saturated rings. The summed E-state index contributed by atoms with van der Waals surface area (Å²) < 4.78 is 5.47. The highest BCUT2D eigenvalue weighted by atomic mass is 16.6. The van der Waals surface area contributed by atoms with E-state index in [0.29, 0.717) is 18.3 Å². The maximum Gasteiger partial charge on any atom is 0.269 e. The first kappa shape index (κ1) is 20.2. The Labute approximate surface area is 175 Å². The number of nitro benzene ring substituents is 1. The van der Waals surface area contributed by atoms with Gasteiger partial charge in [0.15, 0.2) is 0 Å². The van der Waals surface area contributed by atoms with Crippen LogP contribution in [-0.4, -0.2) is 57.6 Å². The van der Waals surface area contributed by atoms with Crippen molar-refractivity contribution in [3.63, 3.8) is 0 Å². The van der Waals surface area contributed by atoms with Crippen LogP contribution in [0.1, 0.15) is 17.0 Å². The molecule has 0 radical (unpaired) electrons. The minimum atomic E-state index is -0.365. The molecule has 1 saturated heterocycles. The zero-order chi connectivity index (χ0) is 20.9. The predicted molar refractivity (Wildman–Crippen MR) is 113 cm³/mol. The molecule has 1 aliphatic heterocycles. The Hall–Kier alpha value is -3.10. The highest BCUT2D eigenvalue weighted by Crippen LogP contribution is 2.20. The topological polar surface area (TPSA) is 88.5 Å². The van der Waals surface area contributed by atoms with Crippen LogP contribution in [0.3, 0.4) is 0 Å². The van der Waals surface area contributed by atoms with Crippen molar-refractivity contribution in [2.24, 2.45) is 0 Å². The molecule has 8 nitrogen and oxygen atoms in total. The number of piperazine rings is 1. The molecule has 0 atom stereocenters. The first-order chi connectivity index (χ1) is 14.6. The molecule has 3 aromatic rings. The molecule has 8 heteroatoms. The van der Waals surface area contributed by atoms with Crippen molar-refractivity contribution < 1.29 is 9.45 Å². The fourth-order valence-electron chi connectivity index (χ4n) is 3.69. The molecule has 0 amide bonds. The highest BCUT2D eigenvalue weighted by molar-refractivity contribution is 5.58. The van der Waals surface area contributed by atoms with E-state index < -0.39 is 0 Å². The maximum absolute atomic E-state index is 10.7.